The lowest BCUT2D eigenvalue weighted by atomic mass is 10.1. The van der Waals surface area contributed by atoms with Gasteiger partial charge in [-0.25, -0.2) is 4.98 Å². The third-order valence-corrected chi connectivity index (χ3v) is 3.67. The van der Waals surface area contributed by atoms with E-state index in [9.17, 15) is 4.79 Å². The molecule has 1 atom stereocenters. The molecule has 0 radical (unpaired) electrons. The van der Waals surface area contributed by atoms with E-state index in [1.54, 1.807) is 25.3 Å². The number of carbonyl (C=O) groups excluding carboxylic acids is 1. The van der Waals surface area contributed by atoms with E-state index < -0.39 is 0 Å². The Hall–Kier alpha value is -3.02. The number of fused-ring (bicyclic) bond motifs is 1. The number of para-hydroxylation sites is 2. The van der Waals surface area contributed by atoms with Gasteiger partial charge in [0.15, 0.2) is 0 Å². The summed E-state index contributed by atoms with van der Waals surface area (Å²) >= 11 is 0. The molecular weight excluding hydrogens is 292 g/mol. The zero-order valence-electron chi connectivity index (χ0n) is 13.0. The Kier molecular flexibility index (Phi) is 3.89. The highest BCUT2D eigenvalue weighted by atomic mass is 16.5. The van der Waals surface area contributed by atoms with Crippen molar-refractivity contribution >= 4 is 22.6 Å². The van der Waals surface area contributed by atoms with Crippen LogP contribution < -0.4 is 15.8 Å². The number of ether oxygens (including phenoxy) is 1. The second kappa shape index (κ2) is 6.00. The number of amides is 1. The maximum Gasteiger partial charge on any atom is 0.253 e. The number of imidazole rings is 1. The molecule has 0 aliphatic carbocycles. The molecule has 3 aromatic rings. The number of H-pyrrole nitrogens is 1. The number of nitrogen functional groups attached to an aromatic ring is 1. The van der Waals surface area contributed by atoms with Gasteiger partial charge in [-0.1, -0.05) is 12.1 Å². The van der Waals surface area contributed by atoms with E-state index in [4.69, 9.17) is 10.5 Å². The Labute approximate surface area is 133 Å². The monoisotopic (exact) mass is 310 g/mol. The van der Waals surface area contributed by atoms with Crippen LogP contribution in [0.4, 0.5) is 5.69 Å². The Morgan fingerprint density at radius 2 is 2.09 bits per heavy atom. The minimum atomic E-state index is -0.267. The molecule has 2 aromatic carbocycles. The summed E-state index contributed by atoms with van der Waals surface area (Å²) in [6.45, 7) is 1.87. The fraction of sp³-hybridized carbons (Fsp3) is 0.176. The molecule has 0 fully saturated rings. The number of nitrogens with one attached hydrogen (secondary N) is 2. The van der Waals surface area contributed by atoms with Crippen molar-refractivity contribution in [3.63, 3.8) is 0 Å². The van der Waals surface area contributed by atoms with Crippen molar-refractivity contribution in [2.75, 3.05) is 12.8 Å². The van der Waals surface area contributed by atoms with Gasteiger partial charge in [0.05, 0.1) is 29.7 Å². The maximum atomic E-state index is 12.4. The molecule has 118 valence electrons. The van der Waals surface area contributed by atoms with Crippen LogP contribution in [-0.4, -0.2) is 23.0 Å². The second-order valence-corrected chi connectivity index (χ2v) is 5.29. The van der Waals surface area contributed by atoms with Crippen molar-refractivity contribution in [2.24, 2.45) is 0 Å². The molecular formula is C17H18N4O2. The van der Waals surface area contributed by atoms with Gasteiger partial charge in [0.25, 0.3) is 5.91 Å². The van der Waals surface area contributed by atoms with Crippen molar-refractivity contribution in [2.45, 2.75) is 13.0 Å². The predicted molar refractivity (Wildman–Crippen MR) is 89.4 cm³/mol. The van der Waals surface area contributed by atoms with Gasteiger partial charge in [0, 0.05) is 11.8 Å². The average Bonchev–Trinajstić information content (AvgIpc) is 2.98. The standard InChI is InChI=1S/C17H18N4O2/c1-10(16-20-14-5-3-4-6-15(14)21-16)19-17(22)12-8-7-11(23-2)9-13(12)18/h3-10H,18H2,1-2H3,(H,19,22)(H,20,21). The summed E-state index contributed by atoms with van der Waals surface area (Å²) in [5.74, 6) is 1.06. The van der Waals surface area contributed by atoms with Gasteiger partial charge in [-0.2, -0.15) is 0 Å². The van der Waals surface area contributed by atoms with E-state index >= 15 is 0 Å². The third-order valence-electron chi connectivity index (χ3n) is 3.67. The molecule has 1 amide bonds. The number of nitrogens with two attached hydrogens (primary N) is 1. The smallest absolute Gasteiger partial charge is 0.253 e. The van der Waals surface area contributed by atoms with Crippen LogP contribution in [0.25, 0.3) is 11.0 Å². The predicted octanol–water partition coefficient (Wildman–Crippen LogP) is 2.64. The van der Waals surface area contributed by atoms with Gasteiger partial charge in [0.2, 0.25) is 0 Å². The molecule has 1 aromatic heterocycles. The first kappa shape index (κ1) is 14.9. The number of aromatic nitrogens is 2. The number of hydrogen-bond acceptors (Lipinski definition) is 4. The highest BCUT2D eigenvalue weighted by Crippen LogP contribution is 2.21. The average molecular weight is 310 g/mol. The fourth-order valence-electron chi connectivity index (χ4n) is 2.39. The molecule has 4 N–H and O–H groups in total. The second-order valence-electron chi connectivity index (χ2n) is 5.29. The Bertz CT molecular complexity index is 824. The van der Waals surface area contributed by atoms with Crippen LogP contribution in [0.2, 0.25) is 0 Å². The largest absolute Gasteiger partial charge is 0.497 e. The molecule has 0 aliphatic heterocycles. The Balaban J connectivity index is 1.79. The fourth-order valence-corrected chi connectivity index (χ4v) is 2.39. The van der Waals surface area contributed by atoms with Crippen molar-refractivity contribution in [3.05, 3.63) is 53.9 Å². The van der Waals surface area contributed by atoms with E-state index in [-0.39, 0.29) is 11.9 Å². The maximum absolute atomic E-state index is 12.4. The lowest BCUT2D eigenvalue weighted by Gasteiger charge is -2.13. The lowest BCUT2D eigenvalue weighted by Crippen LogP contribution is -2.28. The van der Waals surface area contributed by atoms with Gasteiger partial charge in [-0.05, 0) is 31.2 Å². The number of hydrogen-bond donors (Lipinski definition) is 3. The first-order valence-corrected chi connectivity index (χ1v) is 7.27. The number of anilines is 1. The number of nitrogens with zero attached hydrogens (tertiary/aromatic N) is 1. The van der Waals surface area contributed by atoms with Gasteiger partial charge in [-0.3, -0.25) is 4.79 Å². The van der Waals surface area contributed by atoms with Crippen LogP contribution in [0.1, 0.15) is 29.1 Å². The minimum absolute atomic E-state index is 0.252. The molecule has 6 nitrogen and oxygen atoms in total. The molecule has 6 heteroatoms. The molecule has 23 heavy (non-hydrogen) atoms. The number of benzene rings is 2. The van der Waals surface area contributed by atoms with Crippen molar-refractivity contribution in [1.29, 1.82) is 0 Å². The van der Waals surface area contributed by atoms with Crippen LogP contribution in [0.3, 0.4) is 0 Å². The van der Waals surface area contributed by atoms with E-state index in [1.165, 1.54) is 0 Å². The Morgan fingerprint density at radius 3 is 2.78 bits per heavy atom. The first-order valence-electron chi connectivity index (χ1n) is 7.27. The number of aromatic amines is 1. The summed E-state index contributed by atoms with van der Waals surface area (Å²) in [6.07, 6.45) is 0. The number of carbonyl (C=O) groups is 1. The van der Waals surface area contributed by atoms with Gasteiger partial charge in [0.1, 0.15) is 11.6 Å². The zero-order valence-corrected chi connectivity index (χ0v) is 13.0. The van der Waals surface area contributed by atoms with Gasteiger partial charge >= 0.3 is 0 Å². The molecule has 1 unspecified atom stereocenters. The highest BCUT2D eigenvalue weighted by Gasteiger charge is 2.16. The van der Waals surface area contributed by atoms with Crippen LogP contribution in [0, 0.1) is 0 Å². The van der Waals surface area contributed by atoms with Crippen LogP contribution >= 0.6 is 0 Å². The highest BCUT2D eigenvalue weighted by molar-refractivity contribution is 5.99. The normalized spacial score (nSPS) is 12.1. The summed E-state index contributed by atoms with van der Waals surface area (Å²) in [6, 6.07) is 12.4. The molecule has 0 spiro atoms. The van der Waals surface area contributed by atoms with E-state index in [2.05, 4.69) is 15.3 Å². The zero-order chi connectivity index (χ0) is 16.4. The molecule has 3 rings (SSSR count). The van der Waals surface area contributed by atoms with Crippen molar-refractivity contribution < 1.29 is 9.53 Å². The lowest BCUT2D eigenvalue weighted by molar-refractivity contribution is 0.0939. The third kappa shape index (κ3) is 2.96. The van der Waals surface area contributed by atoms with Crippen LogP contribution in [-0.2, 0) is 0 Å². The first-order chi connectivity index (χ1) is 11.1. The van der Waals surface area contributed by atoms with Crippen molar-refractivity contribution in [1.82, 2.24) is 15.3 Å². The van der Waals surface area contributed by atoms with E-state index in [1.807, 2.05) is 31.2 Å². The minimum Gasteiger partial charge on any atom is -0.497 e. The summed E-state index contributed by atoms with van der Waals surface area (Å²) < 4.78 is 5.09. The summed E-state index contributed by atoms with van der Waals surface area (Å²) in [7, 11) is 1.55. The van der Waals surface area contributed by atoms with E-state index in [0.717, 1.165) is 11.0 Å². The van der Waals surface area contributed by atoms with Crippen molar-refractivity contribution in [3.8, 4) is 5.75 Å². The molecule has 0 bridgehead atoms. The molecule has 1 heterocycles. The molecule has 0 saturated heterocycles. The molecule has 0 aliphatic rings. The Morgan fingerprint density at radius 1 is 1.30 bits per heavy atom. The SMILES string of the molecule is COc1ccc(C(=O)NC(C)c2nc3ccccc3[nH]2)c(N)c1. The number of methoxy groups -OCH3 is 1. The van der Waals surface area contributed by atoms with Crippen LogP contribution in [0.15, 0.2) is 42.5 Å². The summed E-state index contributed by atoms with van der Waals surface area (Å²) in [5, 5.41) is 2.90. The number of rotatable bonds is 4. The summed E-state index contributed by atoms with van der Waals surface area (Å²) in [5.41, 5.74) is 8.50. The van der Waals surface area contributed by atoms with Crippen LogP contribution in [0.5, 0.6) is 5.75 Å². The quantitative estimate of drug-likeness (QED) is 0.646. The topological polar surface area (TPSA) is 93.0 Å². The molecule has 0 saturated carbocycles. The van der Waals surface area contributed by atoms with Gasteiger partial charge < -0.3 is 20.8 Å². The van der Waals surface area contributed by atoms with Gasteiger partial charge in [-0.15, -0.1) is 0 Å². The summed E-state index contributed by atoms with van der Waals surface area (Å²) in [4.78, 5) is 20.1. The van der Waals surface area contributed by atoms with E-state index in [0.29, 0.717) is 22.8 Å².